The van der Waals surface area contributed by atoms with Gasteiger partial charge in [-0.1, -0.05) is 27.3 Å². The molecule has 0 spiro atoms. The Balaban J connectivity index is 1.28. The van der Waals surface area contributed by atoms with Gasteiger partial charge in [-0.05, 0) is 49.9 Å². The summed E-state index contributed by atoms with van der Waals surface area (Å²) >= 11 is 4.89. The lowest BCUT2D eigenvalue weighted by atomic mass is 10.00. The average Bonchev–Trinajstić information content (AvgIpc) is 3.22. The van der Waals surface area contributed by atoms with Crippen LogP contribution in [0.25, 0.3) is 0 Å². The van der Waals surface area contributed by atoms with Crippen LogP contribution in [0.4, 0.5) is 0 Å². The van der Waals surface area contributed by atoms with Crippen LogP contribution in [0.15, 0.2) is 45.2 Å². The minimum Gasteiger partial charge on any atom is -0.467 e. The van der Waals surface area contributed by atoms with Gasteiger partial charge < -0.3 is 9.64 Å². The quantitative estimate of drug-likeness (QED) is 0.647. The van der Waals surface area contributed by atoms with Crippen molar-refractivity contribution in [3.63, 3.8) is 0 Å². The minimum absolute atomic E-state index is 0.236. The van der Waals surface area contributed by atoms with Crippen molar-refractivity contribution in [3.05, 3.63) is 40.3 Å². The van der Waals surface area contributed by atoms with Crippen LogP contribution in [0.2, 0.25) is 0 Å². The summed E-state index contributed by atoms with van der Waals surface area (Å²) < 4.78 is 34.2. The van der Waals surface area contributed by atoms with Crippen molar-refractivity contribution in [2.24, 2.45) is 0 Å². The molecule has 2 fully saturated rings. The fourth-order valence-corrected chi connectivity index (χ4v) is 6.26. The van der Waals surface area contributed by atoms with Gasteiger partial charge in [0.15, 0.2) is 0 Å². The molecule has 4 rings (SSSR count). The third-order valence-electron chi connectivity index (χ3n) is 5.54. The van der Waals surface area contributed by atoms with Crippen molar-refractivity contribution in [1.82, 2.24) is 14.2 Å². The SMILES string of the molecule is O=S(=O)(c1ccc(Br)cc1)N1CCC(N2CCC(Oc3nccs3)CC2)CC1. The van der Waals surface area contributed by atoms with Crippen LogP contribution >= 0.6 is 27.3 Å². The summed E-state index contributed by atoms with van der Waals surface area (Å²) in [6, 6.07) is 7.34. The second-order valence-corrected chi connectivity index (χ2v) is 11.0. The highest BCUT2D eigenvalue weighted by Gasteiger charge is 2.33. The highest BCUT2D eigenvalue weighted by Crippen LogP contribution is 2.27. The van der Waals surface area contributed by atoms with E-state index in [2.05, 4.69) is 25.8 Å². The van der Waals surface area contributed by atoms with Gasteiger partial charge in [0.25, 0.3) is 5.19 Å². The molecule has 6 nitrogen and oxygen atoms in total. The summed E-state index contributed by atoms with van der Waals surface area (Å²) in [5, 5.41) is 2.69. The summed E-state index contributed by atoms with van der Waals surface area (Å²) in [5.74, 6) is 0. The molecule has 0 N–H and O–H groups in total. The van der Waals surface area contributed by atoms with E-state index < -0.39 is 10.0 Å². The van der Waals surface area contributed by atoms with E-state index in [-0.39, 0.29) is 6.10 Å². The van der Waals surface area contributed by atoms with E-state index in [4.69, 9.17) is 4.74 Å². The molecule has 9 heteroatoms. The molecule has 0 saturated carbocycles. The lowest BCUT2D eigenvalue weighted by Crippen LogP contribution is -2.50. The third-order valence-corrected chi connectivity index (χ3v) is 8.65. The van der Waals surface area contributed by atoms with E-state index in [1.807, 2.05) is 5.38 Å². The van der Waals surface area contributed by atoms with Crippen molar-refractivity contribution < 1.29 is 13.2 Å². The molecular formula is C19H24BrN3O3S2. The number of likely N-dealkylation sites (tertiary alicyclic amines) is 1. The molecule has 0 atom stereocenters. The van der Waals surface area contributed by atoms with Crippen molar-refractivity contribution in [2.75, 3.05) is 26.2 Å². The Labute approximate surface area is 178 Å². The van der Waals surface area contributed by atoms with Gasteiger partial charge in [-0.15, -0.1) is 0 Å². The summed E-state index contributed by atoms with van der Waals surface area (Å²) in [6.45, 7) is 3.16. The number of aromatic nitrogens is 1. The Morgan fingerprint density at radius 3 is 2.32 bits per heavy atom. The highest BCUT2D eigenvalue weighted by molar-refractivity contribution is 9.10. The predicted octanol–water partition coefficient (Wildman–Crippen LogP) is 3.60. The molecule has 0 aliphatic carbocycles. The smallest absolute Gasteiger partial charge is 0.273 e. The maximum atomic E-state index is 12.9. The monoisotopic (exact) mass is 485 g/mol. The largest absolute Gasteiger partial charge is 0.467 e. The number of hydrogen-bond acceptors (Lipinski definition) is 6. The van der Waals surface area contributed by atoms with Crippen molar-refractivity contribution in [1.29, 1.82) is 0 Å². The van der Waals surface area contributed by atoms with Crippen LogP contribution in [0, 0.1) is 0 Å². The molecule has 3 heterocycles. The summed E-state index contributed by atoms with van der Waals surface area (Å²) in [6.07, 6.45) is 5.76. The molecular weight excluding hydrogens is 462 g/mol. The zero-order chi connectivity index (χ0) is 19.6. The van der Waals surface area contributed by atoms with Crippen LogP contribution in [0.1, 0.15) is 25.7 Å². The van der Waals surface area contributed by atoms with Gasteiger partial charge in [-0.25, -0.2) is 13.4 Å². The number of thiazole rings is 1. The number of rotatable bonds is 5. The third kappa shape index (κ3) is 4.59. The van der Waals surface area contributed by atoms with Crippen LogP contribution in [-0.2, 0) is 10.0 Å². The summed E-state index contributed by atoms with van der Waals surface area (Å²) in [5.41, 5.74) is 0. The highest BCUT2D eigenvalue weighted by atomic mass is 79.9. The van der Waals surface area contributed by atoms with E-state index in [9.17, 15) is 8.42 Å². The normalized spacial score (nSPS) is 21.0. The van der Waals surface area contributed by atoms with Gasteiger partial charge >= 0.3 is 0 Å². The van der Waals surface area contributed by atoms with Crippen LogP contribution in [0.3, 0.4) is 0 Å². The van der Waals surface area contributed by atoms with Gasteiger partial charge in [0.05, 0.1) is 4.90 Å². The molecule has 0 unspecified atom stereocenters. The van der Waals surface area contributed by atoms with E-state index in [1.54, 1.807) is 34.8 Å². The standard InChI is InChI=1S/C19H24BrN3O3S2/c20-15-1-3-18(4-2-15)28(24,25)23-12-5-16(6-13-23)22-10-7-17(8-11-22)26-19-21-9-14-27-19/h1-4,9,14,16-17H,5-8,10-13H2. The number of ether oxygens (including phenoxy) is 1. The number of piperidine rings is 2. The van der Waals surface area contributed by atoms with Crippen LogP contribution < -0.4 is 4.74 Å². The molecule has 2 aliphatic heterocycles. The predicted molar refractivity (Wildman–Crippen MR) is 113 cm³/mol. The molecule has 0 radical (unpaired) electrons. The number of halogens is 1. The molecule has 2 aliphatic rings. The topological polar surface area (TPSA) is 62.7 Å². The Bertz CT molecular complexity index is 858. The molecule has 1 aromatic heterocycles. The van der Waals surface area contributed by atoms with Gasteiger partial charge in [-0.2, -0.15) is 4.31 Å². The van der Waals surface area contributed by atoms with Gasteiger partial charge in [0.1, 0.15) is 6.10 Å². The maximum Gasteiger partial charge on any atom is 0.273 e. The van der Waals surface area contributed by atoms with Crippen molar-refractivity contribution in [3.8, 4) is 5.19 Å². The maximum absolute atomic E-state index is 12.9. The first-order valence-corrected chi connectivity index (χ1v) is 12.7. The van der Waals surface area contributed by atoms with E-state index in [1.165, 1.54) is 11.3 Å². The lowest BCUT2D eigenvalue weighted by Gasteiger charge is -2.41. The Kier molecular flexibility index (Phi) is 6.37. The van der Waals surface area contributed by atoms with Crippen LogP contribution in [-0.4, -0.2) is 60.9 Å². The second-order valence-electron chi connectivity index (χ2n) is 7.24. The fraction of sp³-hybridized carbons (Fsp3) is 0.526. The number of sulfonamides is 1. The molecule has 1 aromatic carbocycles. The van der Waals surface area contributed by atoms with Gasteiger partial charge in [0, 0.05) is 48.3 Å². The Morgan fingerprint density at radius 1 is 1.04 bits per heavy atom. The first-order chi connectivity index (χ1) is 13.5. The fourth-order valence-electron chi connectivity index (χ4n) is 3.97. The minimum atomic E-state index is -3.40. The van der Waals surface area contributed by atoms with E-state index >= 15 is 0 Å². The molecule has 0 bridgehead atoms. The van der Waals surface area contributed by atoms with Crippen molar-refractivity contribution in [2.45, 2.75) is 42.7 Å². The zero-order valence-electron chi connectivity index (χ0n) is 15.5. The number of hydrogen-bond donors (Lipinski definition) is 0. The Morgan fingerprint density at radius 2 is 1.71 bits per heavy atom. The summed E-state index contributed by atoms with van der Waals surface area (Å²) in [4.78, 5) is 7.07. The van der Waals surface area contributed by atoms with E-state index in [0.717, 1.165) is 48.4 Å². The molecule has 0 amide bonds. The lowest BCUT2D eigenvalue weighted by molar-refractivity contribution is 0.0584. The second kappa shape index (κ2) is 8.79. The number of nitrogens with zero attached hydrogens (tertiary/aromatic N) is 3. The van der Waals surface area contributed by atoms with Gasteiger partial charge in [-0.3, -0.25) is 0 Å². The van der Waals surface area contributed by atoms with E-state index in [0.29, 0.717) is 24.0 Å². The summed E-state index contributed by atoms with van der Waals surface area (Å²) in [7, 11) is -3.40. The van der Waals surface area contributed by atoms with Gasteiger partial charge in [0.2, 0.25) is 10.0 Å². The molecule has 152 valence electrons. The first kappa shape index (κ1) is 20.3. The molecule has 28 heavy (non-hydrogen) atoms. The van der Waals surface area contributed by atoms with Crippen LogP contribution in [0.5, 0.6) is 5.19 Å². The molecule has 2 aromatic rings. The number of benzene rings is 1. The first-order valence-electron chi connectivity index (χ1n) is 9.58. The average molecular weight is 486 g/mol. The Hall–Kier alpha value is -1.00. The zero-order valence-corrected chi connectivity index (χ0v) is 18.8. The molecule has 2 saturated heterocycles. The van der Waals surface area contributed by atoms with Crippen molar-refractivity contribution >= 4 is 37.3 Å².